The number of aliphatic hydroxyl groups is 1. The molecule has 0 bridgehead atoms. The molecule has 0 saturated carbocycles. The highest BCUT2D eigenvalue weighted by Crippen LogP contribution is 2.44. The van der Waals surface area contributed by atoms with Gasteiger partial charge in [-0.3, -0.25) is 0 Å². The van der Waals surface area contributed by atoms with Crippen LogP contribution in [0.15, 0.2) is 30.4 Å². The molecule has 72 valence electrons. The number of halogens is 1. The molecule has 2 aliphatic rings. The van der Waals surface area contributed by atoms with E-state index in [4.69, 9.17) is 16.3 Å². The third kappa shape index (κ3) is 1.01. The second-order valence-corrected chi connectivity index (χ2v) is 4.10. The number of hydrogen-bond acceptors (Lipinski definition) is 2. The van der Waals surface area contributed by atoms with Gasteiger partial charge in [0.25, 0.3) is 0 Å². The number of hydrogen-bond donors (Lipinski definition) is 1. The van der Waals surface area contributed by atoms with Crippen LogP contribution in [0.4, 0.5) is 0 Å². The van der Waals surface area contributed by atoms with E-state index in [-0.39, 0.29) is 12.0 Å². The number of fused-ring (bicyclic) bond motifs is 3. The van der Waals surface area contributed by atoms with Crippen LogP contribution in [0, 0.1) is 0 Å². The van der Waals surface area contributed by atoms with Crippen molar-refractivity contribution in [3.63, 3.8) is 0 Å². The smallest absolute Gasteiger partial charge is 0.127 e. The van der Waals surface area contributed by atoms with Crippen LogP contribution >= 0.6 is 11.6 Å². The summed E-state index contributed by atoms with van der Waals surface area (Å²) in [5, 5.41) is 10.4. The maximum absolute atomic E-state index is 9.73. The summed E-state index contributed by atoms with van der Waals surface area (Å²) in [5.41, 5.74) is 1.01. The van der Waals surface area contributed by atoms with Crippen LogP contribution in [0.2, 0.25) is 5.02 Å². The lowest BCUT2D eigenvalue weighted by molar-refractivity contribution is 0.160. The lowest BCUT2D eigenvalue weighted by Gasteiger charge is -2.11. The van der Waals surface area contributed by atoms with Gasteiger partial charge in [-0.2, -0.15) is 0 Å². The molecule has 0 amide bonds. The molecule has 1 aliphatic heterocycles. The summed E-state index contributed by atoms with van der Waals surface area (Å²) < 4.78 is 5.65. The van der Waals surface area contributed by atoms with Crippen molar-refractivity contribution in [2.24, 2.45) is 0 Å². The quantitative estimate of drug-likeness (QED) is 0.662. The van der Waals surface area contributed by atoms with Crippen LogP contribution in [0.5, 0.6) is 5.75 Å². The first-order valence-corrected chi connectivity index (χ1v) is 4.96. The van der Waals surface area contributed by atoms with Gasteiger partial charge < -0.3 is 9.84 Å². The van der Waals surface area contributed by atoms with Crippen molar-refractivity contribution >= 4 is 11.6 Å². The Balaban J connectivity index is 2.11. The Kier molecular flexibility index (Phi) is 1.64. The fourth-order valence-electron chi connectivity index (χ4n) is 2.16. The molecule has 1 aliphatic carbocycles. The molecule has 3 rings (SSSR count). The molecule has 1 aromatic rings. The van der Waals surface area contributed by atoms with Crippen molar-refractivity contribution < 1.29 is 9.84 Å². The number of aliphatic hydroxyl groups excluding tert-OH is 1. The lowest BCUT2D eigenvalue weighted by Crippen LogP contribution is -2.19. The fraction of sp³-hybridized carbons (Fsp3) is 0.273. The van der Waals surface area contributed by atoms with Crippen LogP contribution in [0.25, 0.3) is 0 Å². The Hall–Kier alpha value is -0.990. The summed E-state index contributed by atoms with van der Waals surface area (Å²) in [7, 11) is 0. The van der Waals surface area contributed by atoms with Crippen LogP contribution in [0.3, 0.4) is 0 Å². The summed E-state index contributed by atoms with van der Waals surface area (Å²) in [5.74, 6) is 0.872. The second-order valence-electron chi connectivity index (χ2n) is 3.67. The molecule has 3 heteroatoms. The monoisotopic (exact) mass is 208 g/mol. The van der Waals surface area contributed by atoms with Crippen molar-refractivity contribution in [2.45, 2.75) is 18.1 Å². The molecule has 1 heterocycles. The van der Waals surface area contributed by atoms with Gasteiger partial charge in [0.15, 0.2) is 0 Å². The maximum atomic E-state index is 9.73. The van der Waals surface area contributed by atoms with Gasteiger partial charge in [-0.25, -0.2) is 0 Å². The Bertz CT molecular complexity index is 414. The molecule has 0 saturated heterocycles. The molecule has 14 heavy (non-hydrogen) atoms. The predicted molar refractivity (Wildman–Crippen MR) is 53.8 cm³/mol. The minimum Gasteiger partial charge on any atom is -0.485 e. The van der Waals surface area contributed by atoms with Crippen LogP contribution in [-0.4, -0.2) is 17.3 Å². The largest absolute Gasteiger partial charge is 0.485 e. The zero-order valence-corrected chi connectivity index (χ0v) is 8.11. The van der Waals surface area contributed by atoms with Crippen molar-refractivity contribution in [3.05, 3.63) is 40.9 Å². The Morgan fingerprint density at radius 2 is 2.14 bits per heavy atom. The van der Waals surface area contributed by atoms with Crippen LogP contribution < -0.4 is 4.74 Å². The Morgan fingerprint density at radius 3 is 3.00 bits per heavy atom. The zero-order valence-electron chi connectivity index (χ0n) is 7.35. The van der Waals surface area contributed by atoms with E-state index in [9.17, 15) is 5.11 Å². The van der Waals surface area contributed by atoms with Gasteiger partial charge in [-0.1, -0.05) is 17.7 Å². The lowest BCUT2D eigenvalue weighted by atomic mass is 9.95. The number of ether oxygens (including phenoxy) is 1. The Labute approximate surface area is 86.8 Å². The summed E-state index contributed by atoms with van der Waals surface area (Å²) in [4.78, 5) is 0. The van der Waals surface area contributed by atoms with Gasteiger partial charge in [-0.15, -0.1) is 0 Å². The molecular weight excluding hydrogens is 200 g/mol. The minimum atomic E-state index is -0.445. The molecule has 2 nitrogen and oxygen atoms in total. The highest BCUT2D eigenvalue weighted by atomic mass is 35.5. The third-order valence-electron chi connectivity index (χ3n) is 2.81. The van der Waals surface area contributed by atoms with E-state index in [0.29, 0.717) is 5.02 Å². The SMILES string of the molecule is O[C@H]1C=C[C@H]2Oc3ccc(Cl)cc3[C@@H]12. The predicted octanol–water partition coefficient (Wildman–Crippen LogP) is 2.12. The molecule has 1 N–H and O–H groups in total. The van der Waals surface area contributed by atoms with Crippen LogP contribution in [-0.2, 0) is 0 Å². The molecule has 0 fully saturated rings. The van der Waals surface area contributed by atoms with Gasteiger partial charge in [-0.05, 0) is 24.3 Å². The third-order valence-corrected chi connectivity index (χ3v) is 3.05. The van der Waals surface area contributed by atoms with E-state index in [1.165, 1.54) is 0 Å². The van der Waals surface area contributed by atoms with Crippen molar-refractivity contribution in [1.29, 1.82) is 0 Å². The van der Waals surface area contributed by atoms with Gasteiger partial charge in [0.1, 0.15) is 11.9 Å². The first-order valence-electron chi connectivity index (χ1n) is 4.58. The molecule has 0 unspecified atom stereocenters. The standard InChI is InChI=1S/C11H9ClO2/c12-6-1-3-9-7(5-6)11-8(13)2-4-10(11)14-9/h1-5,8,10-11,13H/t8-,10+,11-/m0/s1. The molecule has 0 spiro atoms. The Morgan fingerprint density at radius 1 is 1.29 bits per heavy atom. The average molecular weight is 209 g/mol. The van der Waals surface area contributed by atoms with Gasteiger partial charge in [0, 0.05) is 10.6 Å². The number of benzene rings is 1. The zero-order chi connectivity index (χ0) is 9.71. The fourth-order valence-corrected chi connectivity index (χ4v) is 2.34. The van der Waals surface area contributed by atoms with E-state index in [0.717, 1.165) is 11.3 Å². The maximum Gasteiger partial charge on any atom is 0.127 e. The van der Waals surface area contributed by atoms with Gasteiger partial charge in [0.05, 0.1) is 12.0 Å². The summed E-state index contributed by atoms with van der Waals surface area (Å²) >= 11 is 5.90. The second kappa shape index (κ2) is 2.75. The topological polar surface area (TPSA) is 29.5 Å². The molecule has 1 aromatic carbocycles. The molecule has 3 atom stereocenters. The first-order chi connectivity index (χ1) is 6.75. The number of rotatable bonds is 0. The van der Waals surface area contributed by atoms with Crippen molar-refractivity contribution in [1.82, 2.24) is 0 Å². The first kappa shape index (κ1) is 8.33. The molecular formula is C11H9ClO2. The van der Waals surface area contributed by atoms with Crippen molar-refractivity contribution in [2.75, 3.05) is 0 Å². The highest BCUT2D eigenvalue weighted by molar-refractivity contribution is 6.30. The van der Waals surface area contributed by atoms with E-state index in [1.54, 1.807) is 12.1 Å². The summed E-state index contributed by atoms with van der Waals surface area (Å²) in [6.07, 6.45) is 3.22. The summed E-state index contributed by atoms with van der Waals surface area (Å²) in [6.45, 7) is 0. The van der Waals surface area contributed by atoms with E-state index in [2.05, 4.69) is 0 Å². The summed E-state index contributed by atoms with van der Waals surface area (Å²) in [6, 6.07) is 5.53. The van der Waals surface area contributed by atoms with Crippen molar-refractivity contribution in [3.8, 4) is 5.75 Å². The highest BCUT2D eigenvalue weighted by Gasteiger charge is 2.40. The molecule has 0 radical (unpaired) electrons. The minimum absolute atomic E-state index is 0.0153. The van der Waals surface area contributed by atoms with E-state index >= 15 is 0 Å². The molecule has 0 aromatic heterocycles. The van der Waals surface area contributed by atoms with E-state index in [1.807, 2.05) is 18.2 Å². The van der Waals surface area contributed by atoms with Gasteiger partial charge >= 0.3 is 0 Å². The van der Waals surface area contributed by atoms with Crippen LogP contribution in [0.1, 0.15) is 11.5 Å². The normalized spacial score (nSPS) is 32.6. The van der Waals surface area contributed by atoms with Gasteiger partial charge in [0.2, 0.25) is 0 Å². The average Bonchev–Trinajstić information content (AvgIpc) is 2.67. The van der Waals surface area contributed by atoms with E-state index < -0.39 is 6.10 Å².